The molecule has 1 aromatic carbocycles. The first-order chi connectivity index (χ1) is 7.66. The van der Waals surface area contributed by atoms with Crippen LogP contribution < -0.4 is 0 Å². The second-order valence-electron chi connectivity index (χ2n) is 3.20. The van der Waals surface area contributed by atoms with Gasteiger partial charge in [-0.15, -0.1) is 0 Å². The molecule has 0 N–H and O–H groups in total. The maximum Gasteiger partial charge on any atom is 0.416 e. The Labute approximate surface area is 92.3 Å². The predicted octanol–water partition coefficient (Wildman–Crippen LogP) is 3.79. The summed E-state index contributed by atoms with van der Waals surface area (Å²) in [7, 11) is 0. The van der Waals surface area contributed by atoms with Gasteiger partial charge < -0.3 is 0 Å². The van der Waals surface area contributed by atoms with Crippen molar-refractivity contribution in [1.29, 1.82) is 5.26 Å². The van der Waals surface area contributed by atoms with Crippen molar-refractivity contribution in [3.05, 3.63) is 34.9 Å². The lowest BCUT2D eigenvalue weighted by atomic mass is 10.0. The summed E-state index contributed by atoms with van der Waals surface area (Å²) in [4.78, 5) is 0. The standard InChI is InChI=1S/C10H5F6N/c11-9(12,13)7-2-1-6(3-4-17)8(5-7)10(14,15)16/h1-2,5H,3H2. The first-order valence-corrected chi connectivity index (χ1v) is 4.30. The third kappa shape index (κ3) is 3.12. The fourth-order valence-electron chi connectivity index (χ4n) is 1.26. The first-order valence-electron chi connectivity index (χ1n) is 4.30. The number of rotatable bonds is 1. The molecule has 0 amide bonds. The molecular weight excluding hydrogens is 248 g/mol. The second kappa shape index (κ2) is 4.28. The number of nitrogens with zero attached hydrogens (tertiary/aromatic N) is 1. The maximum absolute atomic E-state index is 12.5. The number of nitriles is 1. The Bertz CT molecular complexity index is 451. The van der Waals surface area contributed by atoms with E-state index in [0.717, 1.165) is 0 Å². The van der Waals surface area contributed by atoms with E-state index in [1.165, 1.54) is 6.07 Å². The molecule has 0 unspecified atom stereocenters. The fraction of sp³-hybridized carbons (Fsp3) is 0.300. The molecule has 0 atom stereocenters. The van der Waals surface area contributed by atoms with Gasteiger partial charge in [-0.25, -0.2) is 0 Å². The summed E-state index contributed by atoms with van der Waals surface area (Å²) in [5.41, 5.74) is -3.27. The smallest absolute Gasteiger partial charge is 0.198 e. The van der Waals surface area contributed by atoms with Crippen LogP contribution in [0.5, 0.6) is 0 Å². The molecule has 0 saturated carbocycles. The molecule has 1 aromatic rings. The van der Waals surface area contributed by atoms with E-state index in [-0.39, 0.29) is 6.07 Å². The minimum atomic E-state index is -4.91. The zero-order valence-electron chi connectivity index (χ0n) is 8.15. The van der Waals surface area contributed by atoms with Gasteiger partial charge in [0.25, 0.3) is 0 Å². The average Bonchev–Trinajstić information content (AvgIpc) is 2.15. The van der Waals surface area contributed by atoms with Gasteiger partial charge in [-0.1, -0.05) is 6.07 Å². The Hall–Kier alpha value is -1.71. The summed E-state index contributed by atoms with van der Waals surface area (Å²) in [5.74, 6) is 0. The van der Waals surface area contributed by atoms with E-state index >= 15 is 0 Å². The lowest BCUT2D eigenvalue weighted by molar-refractivity contribution is -0.143. The summed E-state index contributed by atoms with van der Waals surface area (Å²) < 4.78 is 74.1. The van der Waals surface area contributed by atoms with Crippen LogP contribution in [0.3, 0.4) is 0 Å². The molecule has 1 nitrogen and oxygen atoms in total. The van der Waals surface area contributed by atoms with E-state index in [1.807, 2.05) is 0 Å². The topological polar surface area (TPSA) is 23.8 Å². The Morgan fingerprint density at radius 3 is 2.00 bits per heavy atom. The van der Waals surface area contributed by atoms with Crippen molar-refractivity contribution in [2.45, 2.75) is 18.8 Å². The van der Waals surface area contributed by atoms with Crippen molar-refractivity contribution < 1.29 is 26.3 Å². The summed E-state index contributed by atoms with van der Waals surface area (Å²) >= 11 is 0. The quantitative estimate of drug-likeness (QED) is 0.698. The number of halogens is 6. The van der Waals surface area contributed by atoms with Crippen LogP contribution >= 0.6 is 0 Å². The van der Waals surface area contributed by atoms with Crippen LogP contribution in [0.25, 0.3) is 0 Å². The Kier molecular flexibility index (Phi) is 3.36. The van der Waals surface area contributed by atoms with Crippen LogP contribution in [0.2, 0.25) is 0 Å². The van der Waals surface area contributed by atoms with Crippen LogP contribution in [0.15, 0.2) is 18.2 Å². The normalized spacial score (nSPS) is 12.3. The lowest BCUT2D eigenvalue weighted by Crippen LogP contribution is -2.13. The molecule has 0 aliphatic heterocycles. The average molecular weight is 253 g/mol. The Morgan fingerprint density at radius 2 is 1.59 bits per heavy atom. The highest BCUT2D eigenvalue weighted by Crippen LogP contribution is 2.37. The van der Waals surface area contributed by atoms with Crippen LogP contribution in [0.1, 0.15) is 16.7 Å². The van der Waals surface area contributed by atoms with Crippen molar-refractivity contribution >= 4 is 0 Å². The van der Waals surface area contributed by atoms with E-state index < -0.39 is 35.5 Å². The van der Waals surface area contributed by atoms with Gasteiger partial charge in [0.2, 0.25) is 0 Å². The molecule has 17 heavy (non-hydrogen) atoms. The largest absolute Gasteiger partial charge is 0.416 e. The lowest BCUT2D eigenvalue weighted by Gasteiger charge is -2.14. The molecule has 7 heteroatoms. The van der Waals surface area contributed by atoms with Gasteiger partial charge in [0.15, 0.2) is 0 Å². The van der Waals surface area contributed by atoms with Gasteiger partial charge in [0, 0.05) is 0 Å². The highest BCUT2D eigenvalue weighted by Gasteiger charge is 2.37. The summed E-state index contributed by atoms with van der Waals surface area (Å²) in [6.45, 7) is 0. The molecule has 0 aliphatic carbocycles. The molecule has 0 aliphatic rings. The van der Waals surface area contributed by atoms with E-state index in [9.17, 15) is 26.3 Å². The monoisotopic (exact) mass is 253 g/mol. The minimum Gasteiger partial charge on any atom is -0.198 e. The molecule has 0 saturated heterocycles. The molecule has 0 heterocycles. The maximum atomic E-state index is 12.5. The summed E-state index contributed by atoms with van der Waals surface area (Å²) in [5, 5.41) is 8.30. The Balaban J connectivity index is 3.36. The summed E-state index contributed by atoms with van der Waals surface area (Å²) in [6, 6.07) is 2.70. The third-order valence-electron chi connectivity index (χ3n) is 2.01. The second-order valence-corrected chi connectivity index (χ2v) is 3.20. The molecular formula is C10H5F6N. The van der Waals surface area contributed by atoms with Crippen molar-refractivity contribution in [2.75, 3.05) is 0 Å². The van der Waals surface area contributed by atoms with Crippen molar-refractivity contribution in [3.8, 4) is 6.07 Å². The minimum absolute atomic E-state index is 0.0205. The number of benzene rings is 1. The molecule has 0 radical (unpaired) electrons. The molecule has 0 aromatic heterocycles. The van der Waals surface area contributed by atoms with E-state index in [4.69, 9.17) is 5.26 Å². The summed E-state index contributed by atoms with van der Waals surface area (Å²) in [6.07, 6.45) is -10.3. The Morgan fingerprint density at radius 1 is 1.00 bits per heavy atom. The van der Waals surface area contributed by atoms with Gasteiger partial charge >= 0.3 is 12.4 Å². The van der Waals surface area contributed by atoms with Gasteiger partial charge in [-0.05, 0) is 17.7 Å². The van der Waals surface area contributed by atoms with Crippen molar-refractivity contribution in [1.82, 2.24) is 0 Å². The zero-order valence-corrected chi connectivity index (χ0v) is 8.15. The van der Waals surface area contributed by atoms with Crippen LogP contribution in [0.4, 0.5) is 26.3 Å². The number of alkyl halides is 6. The van der Waals surface area contributed by atoms with E-state index in [1.54, 1.807) is 0 Å². The van der Waals surface area contributed by atoms with Crippen molar-refractivity contribution in [3.63, 3.8) is 0 Å². The highest BCUT2D eigenvalue weighted by atomic mass is 19.4. The number of hydrogen-bond acceptors (Lipinski definition) is 1. The van der Waals surface area contributed by atoms with Crippen molar-refractivity contribution in [2.24, 2.45) is 0 Å². The molecule has 0 spiro atoms. The molecule has 92 valence electrons. The zero-order chi connectivity index (χ0) is 13.3. The van der Waals surface area contributed by atoms with Gasteiger partial charge in [-0.2, -0.15) is 31.6 Å². The van der Waals surface area contributed by atoms with Gasteiger partial charge in [-0.3, -0.25) is 0 Å². The van der Waals surface area contributed by atoms with Crippen LogP contribution in [-0.4, -0.2) is 0 Å². The first kappa shape index (κ1) is 13.4. The molecule has 0 bridgehead atoms. The SMILES string of the molecule is N#CCc1ccc(C(F)(F)F)cc1C(F)(F)F. The molecule has 0 fully saturated rings. The highest BCUT2D eigenvalue weighted by molar-refractivity contribution is 5.36. The van der Waals surface area contributed by atoms with Crippen LogP contribution in [-0.2, 0) is 18.8 Å². The number of hydrogen-bond donors (Lipinski definition) is 0. The predicted molar refractivity (Wildman–Crippen MR) is 45.8 cm³/mol. The molecule has 1 rings (SSSR count). The van der Waals surface area contributed by atoms with Gasteiger partial charge in [0.05, 0.1) is 23.6 Å². The van der Waals surface area contributed by atoms with E-state index in [2.05, 4.69) is 0 Å². The van der Waals surface area contributed by atoms with Crippen LogP contribution in [0, 0.1) is 11.3 Å². The fourth-order valence-corrected chi connectivity index (χ4v) is 1.26. The van der Waals surface area contributed by atoms with E-state index in [0.29, 0.717) is 12.1 Å². The van der Waals surface area contributed by atoms with Gasteiger partial charge in [0.1, 0.15) is 0 Å². The third-order valence-corrected chi connectivity index (χ3v) is 2.01.